The topological polar surface area (TPSA) is 52.5 Å². The van der Waals surface area contributed by atoms with Crippen molar-refractivity contribution in [2.24, 2.45) is 0 Å². The fourth-order valence-electron chi connectivity index (χ4n) is 2.37. The van der Waals surface area contributed by atoms with E-state index in [0.29, 0.717) is 6.54 Å². The quantitative estimate of drug-likeness (QED) is 0.510. The molecule has 3 nitrogen and oxygen atoms in total. The van der Waals surface area contributed by atoms with Gasteiger partial charge in [0.05, 0.1) is 12.2 Å². The summed E-state index contributed by atoms with van der Waals surface area (Å²) in [6.07, 6.45) is 3.31. The van der Waals surface area contributed by atoms with Crippen LogP contribution in [0.4, 0.5) is 0 Å². The van der Waals surface area contributed by atoms with Gasteiger partial charge in [0.15, 0.2) is 0 Å². The average Bonchev–Trinajstić information content (AvgIpc) is 2.56. The molecule has 0 unspecified atom stereocenters. The Labute approximate surface area is 78.6 Å². The van der Waals surface area contributed by atoms with Crippen LogP contribution in [0.25, 0.3) is 0 Å². The first-order valence-corrected chi connectivity index (χ1v) is 4.36. The molecule has 4 heteroatoms. The highest BCUT2D eigenvalue weighted by Crippen LogP contribution is 2.36. The maximum absolute atomic E-state index is 9.64. The number of rotatable bonds is 0. The van der Waals surface area contributed by atoms with Gasteiger partial charge in [-0.25, -0.2) is 0 Å². The summed E-state index contributed by atoms with van der Waals surface area (Å²) >= 11 is 0. The van der Waals surface area contributed by atoms with Gasteiger partial charge >= 0.3 is 0 Å². The van der Waals surface area contributed by atoms with Gasteiger partial charge in [0.1, 0.15) is 0 Å². The molecule has 3 N–H and O–H groups in total. The van der Waals surface area contributed by atoms with Crippen molar-refractivity contribution < 1.29 is 10.2 Å². The zero-order chi connectivity index (χ0) is 7.90. The van der Waals surface area contributed by atoms with Gasteiger partial charge in [0.2, 0.25) is 0 Å². The molecule has 1 spiro atoms. The first kappa shape index (κ1) is 10.3. The number of β-amino-alcohol motifs (C(OH)–C–C–N with tert-alkyl or cyclic N) is 1. The number of nitrogens with one attached hydrogen (secondary N) is 1. The highest BCUT2D eigenvalue weighted by atomic mass is 35.5. The summed E-state index contributed by atoms with van der Waals surface area (Å²) in [6, 6.07) is 0. The Morgan fingerprint density at radius 3 is 2.17 bits per heavy atom. The van der Waals surface area contributed by atoms with Crippen molar-refractivity contribution in [3.63, 3.8) is 0 Å². The van der Waals surface area contributed by atoms with E-state index < -0.39 is 12.2 Å². The highest BCUT2D eigenvalue weighted by Gasteiger charge is 2.48. The van der Waals surface area contributed by atoms with Gasteiger partial charge in [0.25, 0.3) is 0 Å². The van der Waals surface area contributed by atoms with E-state index in [9.17, 15) is 10.2 Å². The van der Waals surface area contributed by atoms with Crippen molar-refractivity contribution in [3.05, 3.63) is 0 Å². The van der Waals surface area contributed by atoms with E-state index in [1.807, 2.05) is 0 Å². The highest BCUT2D eigenvalue weighted by molar-refractivity contribution is 5.85. The largest absolute Gasteiger partial charge is 0.389 e. The molecule has 2 rings (SSSR count). The lowest BCUT2D eigenvalue weighted by molar-refractivity contribution is 0.0124. The molecule has 1 heterocycles. The SMILES string of the molecule is Cl.O[C@@H]1CNC2(CCCC2)[C@@H]1O. The van der Waals surface area contributed by atoms with Gasteiger partial charge in [-0.05, 0) is 12.8 Å². The van der Waals surface area contributed by atoms with Crippen LogP contribution in [0, 0.1) is 0 Å². The number of aliphatic hydroxyl groups excluding tert-OH is 2. The zero-order valence-electron chi connectivity index (χ0n) is 6.99. The zero-order valence-corrected chi connectivity index (χ0v) is 7.81. The molecule has 1 saturated heterocycles. The fourth-order valence-corrected chi connectivity index (χ4v) is 2.37. The molecular formula is C8H16ClNO2. The third-order valence-electron chi connectivity index (χ3n) is 3.09. The molecule has 72 valence electrons. The van der Waals surface area contributed by atoms with Crippen LogP contribution in [-0.2, 0) is 0 Å². The Morgan fingerprint density at radius 2 is 1.75 bits per heavy atom. The Hall–Kier alpha value is 0.170. The molecule has 2 atom stereocenters. The molecule has 0 aromatic rings. The van der Waals surface area contributed by atoms with Crippen LogP contribution < -0.4 is 5.32 Å². The maximum Gasteiger partial charge on any atom is 0.0992 e. The minimum Gasteiger partial charge on any atom is -0.389 e. The average molecular weight is 194 g/mol. The van der Waals surface area contributed by atoms with Crippen LogP contribution in [-0.4, -0.2) is 34.5 Å². The lowest BCUT2D eigenvalue weighted by Gasteiger charge is -2.27. The van der Waals surface area contributed by atoms with Gasteiger partial charge in [-0.15, -0.1) is 12.4 Å². The molecule has 0 aromatic carbocycles. The minimum atomic E-state index is -0.548. The Morgan fingerprint density at radius 1 is 1.17 bits per heavy atom. The number of aliphatic hydroxyl groups is 2. The van der Waals surface area contributed by atoms with Crippen LogP contribution in [0.5, 0.6) is 0 Å². The molecule has 2 aliphatic rings. The van der Waals surface area contributed by atoms with Crippen LogP contribution in [0.3, 0.4) is 0 Å². The number of halogens is 1. The lowest BCUT2D eigenvalue weighted by atomic mass is 9.92. The van der Waals surface area contributed by atoms with Crippen molar-refractivity contribution in [1.29, 1.82) is 0 Å². The Balaban J connectivity index is 0.000000720. The van der Waals surface area contributed by atoms with E-state index in [1.54, 1.807) is 0 Å². The van der Waals surface area contributed by atoms with E-state index in [0.717, 1.165) is 12.8 Å². The molecule has 1 aliphatic carbocycles. The summed E-state index contributed by atoms with van der Waals surface area (Å²) in [7, 11) is 0. The van der Waals surface area contributed by atoms with Gasteiger partial charge in [-0.3, -0.25) is 0 Å². The third-order valence-corrected chi connectivity index (χ3v) is 3.09. The molecule has 0 bridgehead atoms. The standard InChI is InChI=1S/C8H15NO2.ClH/c10-6-5-9-8(7(6)11)3-1-2-4-8;/h6-7,9-11H,1-5H2;1H/t6-,7-;/m1./s1. The first-order valence-electron chi connectivity index (χ1n) is 4.36. The predicted molar refractivity (Wildman–Crippen MR) is 48.5 cm³/mol. The predicted octanol–water partition coefficient (Wildman–Crippen LogP) is 0.0460. The molecule has 12 heavy (non-hydrogen) atoms. The van der Waals surface area contributed by atoms with Crippen molar-refractivity contribution in [2.45, 2.75) is 43.4 Å². The third kappa shape index (κ3) is 1.35. The van der Waals surface area contributed by atoms with Crippen molar-refractivity contribution in [1.82, 2.24) is 5.32 Å². The summed E-state index contributed by atoms with van der Waals surface area (Å²) in [6.45, 7) is 0.557. The van der Waals surface area contributed by atoms with Gasteiger partial charge < -0.3 is 15.5 Å². The molecule has 1 saturated carbocycles. The normalized spacial score (nSPS) is 38.5. The molecule has 1 aliphatic heterocycles. The summed E-state index contributed by atoms with van der Waals surface area (Å²) in [5.74, 6) is 0. The van der Waals surface area contributed by atoms with Gasteiger partial charge in [0, 0.05) is 12.1 Å². The summed E-state index contributed by atoms with van der Waals surface area (Å²) in [5.41, 5.74) is -0.126. The molecule has 0 aromatic heterocycles. The van der Waals surface area contributed by atoms with Crippen molar-refractivity contribution in [3.8, 4) is 0 Å². The van der Waals surface area contributed by atoms with Gasteiger partial charge in [-0.2, -0.15) is 0 Å². The molecular weight excluding hydrogens is 178 g/mol. The second-order valence-corrected chi connectivity index (χ2v) is 3.76. The summed E-state index contributed by atoms with van der Waals surface area (Å²) < 4.78 is 0. The molecule has 2 fully saturated rings. The van der Waals surface area contributed by atoms with Crippen LogP contribution >= 0.6 is 12.4 Å². The summed E-state index contributed by atoms with van der Waals surface area (Å²) in [4.78, 5) is 0. The number of hydrogen-bond acceptors (Lipinski definition) is 3. The summed E-state index contributed by atoms with van der Waals surface area (Å²) in [5, 5.41) is 22.2. The second-order valence-electron chi connectivity index (χ2n) is 3.76. The lowest BCUT2D eigenvalue weighted by Crippen LogP contribution is -2.46. The Kier molecular flexibility index (Phi) is 2.99. The maximum atomic E-state index is 9.64. The van der Waals surface area contributed by atoms with E-state index in [-0.39, 0.29) is 17.9 Å². The number of hydrogen-bond donors (Lipinski definition) is 3. The molecule has 0 radical (unpaired) electrons. The van der Waals surface area contributed by atoms with Crippen molar-refractivity contribution in [2.75, 3.05) is 6.54 Å². The van der Waals surface area contributed by atoms with E-state index in [4.69, 9.17) is 0 Å². The smallest absolute Gasteiger partial charge is 0.0992 e. The Bertz CT molecular complexity index is 159. The van der Waals surface area contributed by atoms with Crippen molar-refractivity contribution >= 4 is 12.4 Å². The monoisotopic (exact) mass is 193 g/mol. The van der Waals surface area contributed by atoms with E-state index in [1.165, 1.54) is 12.8 Å². The second kappa shape index (κ2) is 3.50. The van der Waals surface area contributed by atoms with Crippen LogP contribution in [0.1, 0.15) is 25.7 Å². The van der Waals surface area contributed by atoms with Crippen LogP contribution in [0.2, 0.25) is 0 Å². The first-order chi connectivity index (χ1) is 5.25. The fraction of sp³-hybridized carbons (Fsp3) is 1.00. The minimum absolute atomic E-state index is 0. The van der Waals surface area contributed by atoms with Gasteiger partial charge in [-0.1, -0.05) is 12.8 Å². The van der Waals surface area contributed by atoms with Crippen LogP contribution in [0.15, 0.2) is 0 Å². The van der Waals surface area contributed by atoms with E-state index in [2.05, 4.69) is 5.32 Å². The van der Waals surface area contributed by atoms with E-state index >= 15 is 0 Å². The molecule has 0 amide bonds.